The maximum atomic E-state index is 14.5. The van der Waals surface area contributed by atoms with Crippen LogP contribution in [0.25, 0.3) is 0 Å². The van der Waals surface area contributed by atoms with Gasteiger partial charge in [-0.3, -0.25) is 39.0 Å². The third kappa shape index (κ3) is 12.5. The summed E-state index contributed by atoms with van der Waals surface area (Å²) in [5.74, 6) is -0.958. The molecule has 0 aromatic heterocycles. The number of amides is 6. The van der Waals surface area contributed by atoms with Crippen molar-refractivity contribution in [3.8, 4) is 34.5 Å². The number of imide groups is 2. The van der Waals surface area contributed by atoms with Gasteiger partial charge in [0.15, 0.2) is 29.6 Å². The third-order valence-electron chi connectivity index (χ3n) is 13.6. The second-order valence-corrected chi connectivity index (χ2v) is 18.2. The van der Waals surface area contributed by atoms with Crippen molar-refractivity contribution in [1.82, 2.24) is 20.4 Å². The van der Waals surface area contributed by atoms with Gasteiger partial charge in [-0.05, 0) is 129 Å². The minimum atomic E-state index is -1.04. The molecule has 4 aromatic rings. The molecule has 394 valence electrons. The van der Waals surface area contributed by atoms with E-state index in [4.69, 9.17) is 33.2 Å². The molecule has 19 nitrogen and oxygen atoms in total. The summed E-state index contributed by atoms with van der Waals surface area (Å²) in [6, 6.07) is 19.2. The normalized spacial score (nSPS) is 17.1. The number of unbranched alkanes of at least 4 members (excludes halogenated alkanes) is 1. The second-order valence-electron chi connectivity index (χ2n) is 18.2. The summed E-state index contributed by atoms with van der Waals surface area (Å²) in [6.45, 7) is 3.01. The van der Waals surface area contributed by atoms with Crippen LogP contribution >= 0.6 is 0 Å². The Hall–Kier alpha value is -7.83. The predicted octanol–water partition coefficient (Wildman–Crippen LogP) is 6.31. The van der Waals surface area contributed by atoms with Crippen LogP contribution in [-0.2, 0) is 35.1 Å². The van der Waals surface area contributed by atoms with Crippen molar-refractivity contribution >= 4 is 47.1 Å². The third-order valence-corrected chi connectivity index (χ3v) is 13.6. The van der Waals surface area contributed by atoms with Gasteiger partial charge in [0, 0.05) is 31.7 Å². The summed E-state index contributed by atoms with van der Waals surface area (Å²) in [6.07, 6.45) is 4.06. The number of likely N-dealkylation sites (tertiary alicyclic amines) is 1. The SMILES string of the molecule is CC[C@H](C(=O)N1CCCC[C@H]1C(=O)OC(CCc1ccc(OC)c(OC)c1)c1ccc(OCC(=O)NCCCCNc2ccc3c(c2)C(=O)N(C2CCC(=O)NC2=O)C3=O)cc1)c1cc(OC)c(OC)c(OC)c1. The number of nitrogens with zero attached hydrogens (tertiary/aromatic N) is 2. The molecule has 0 saturated carbocycles. The molecule has 2 saturated heterocycles. The van der Waals surface area contributed by atoms with Crippen LogP contribution < -0.4 is 44.4 Å². The molecule has 2 fully saturated rings. The summed E-state index contributed by atoms with van der Waals surface area (Å²) in [4.78, 5) is 94.4. The number of anilines is 1. The van der Waals surface area contributed by atoms with Crippen LogP contribution in [-0.4, -0.2) is 125 Å². The standard InChI is InChI=1S/C55H65N5O14/c1-7-38(35-29-46(70-4)50(72-6)47(30-35)71-5)52(64)59-27-11-8-12-42(59)55(67)74-43(22-13-33-14-23-44(68-2)45(28-33)69-3)34-15-18-37(19-16-34)73-32-49(62)57-26-10-9-25-56-36-17-20-39-40(31-36)54(66)60(53(39)65)41-21-24-48(61)58-51(41)63/h14-20,23,28-31,38,41-43,56H,7-13,21-22,24-27,32H2,1-6H3,(H,57,62)(H,58,61,63)/t38-,41?,42-,43?/m0/s1. The lowest BCUT2D eigenvalue weighted by atomic mass is 9.91. The Kier molecular flexibility index (Phi) is 18.4. The molecule has 0 aliphatic carbocycles. The Bertz CT molecular complexity index is 2690. The smallest absolute Gasteiger partial charge is 0.329 e. The number of fused-ring (bicyclic) bond motifs is 1. The van der Waals surface area contributed by atoms with Gasteiger partial charge in [0.05, 0.1) is 52.6 Å². The van der Waals surface area contributed by atoms with Gasteiger partial charge in [0.2, 0.25) is 23.5 Å². The van der Waals surface area contributed by atoms with Gasteiger partial charge >= 0.3 is 5.97 Å². The molecule has 3 aliphatic heterocycles. The van der Waals surface area contributed by atoms with E-state index in [2.05, 4.69) is 16.0 Å². The largest absolute Gasteiger partial charge is 0.493 e. The van der Waals surface area contributed by atoms with Gasteiger partial charge in [-0.25, -0.2) is 4.79 Å². The predicted molar refractivity (Wildman–Crippen MR) is 271 cm³/mol. The van der Waals surface area contributed by atoms with E-state index in [1.807, 2.05) is 25.1 Å². The van der Waals surface area contributed by atoms with Crippen molar-refractivity contribution in [1.29, 1.82) is 0 Å². The molecule has 0 radical (unpaired) electrons. The van der Waals surface area contributed by atoms with Crippen molar-refractivity contribution < 1.29 is 66.7 Å². The first kappa shape index (κ1) is 54.0. The molecule has 2 unspecified atom stereocenters. The molecular formula is C55H65N5O14. The van der Waals surface area contributed by atoms with E-state index in [0.717, 1.165) is 23.3 Å². The van der Waals surface area contributed by atoms with Crippen LogP contribution in [0, 0.1) is 0 Å². The molecule has 3 N–H and O–H groups in total. The molecule has 0 bridgehead atoms. The zero-order valence-electron chi connectivity index (χ0n) is 42.7. The van der Waals surface area contributed by atoms with E-state index in [9.17, 15) is 33.6 Å². The summed E-state index contributed by atoms with van der Waals surface area (Å²) < 4.78 is 39.9. The van der Waals surface area contributed by atoms with Crippen molar-refractivity contribution in [2.24, 2.45) is 0 Å². The van der Waals surface area contributed by atoms with E-state index in [-0.39, 0.29) is 42.4 Å². The summed E-state index contributed by atoms with van der Waals surface area (Å²) in [7, 11) is 7.71. The Morgan fingerprint density at radius 3 is 2.11 bits per heavy atom. The highest BCUT2D eigenvalue weighted by atomic mass is 16.5. The number of hydrogen-bond donors (Lipinski definition) is 3. The van der Waals surface area contributed by atoms with Crippen LogP contribution in [0.5, 0.6) is 34.5 Å². The van der Waals surface area contributed by atoms with Crippen molar-refractivity contribution in [2.45, 2.75) is 95.2 Å². The quantitative estimate of drug-likeness (QED) is 0.0397. The first-order valence-electron chi connectivity index (χ1n) is 24.9. The van der Waals surface area contributed by atoms with Crippen LogP contribution in [0.3, 0.4) is 0 Å². The molecule has 3 heterocycles. The van der Waals surface area contributed by atoms with Gasteiger partial charge in [-0.2, -0.15) is 0 Å². The molecule has 3 aliphatic rings. The molecule has 4 aromatic carbocycles. The number of carbonyl (C=O) groups excluding carboxylic acids is 7. The number of hydrogen-bond acceptors (Lipinski definition) is 15. The van der Waals surface area contributed by atoms with E-state index in [1.165, 1.54) is 21.3 Å². The van der Waals surface area contributed by atoms with Gasteiger partial charge < -0.3 is 48.7 Å². The summed E-state index contributed by atoms with van der Waals surface area (Å²) in [5, 5.41) is 8.30. The Balaban J connectivity index is 0.933. The fourth-order valence-corrected chi connectivity index (χ4v) is 9.61. The Morgan fingerprint density at radius 2 is 1.43 bits per heavy atom. The molecule has 4 atom stereocenters. The van der Waals surface area contributed by atoms with Crippen molar-refractivity contribution in [3.63, 3.8) is 0 Å². The summed E-state index contributed by atoms with van der Waals surface area (Å²) in [5.41, 5.74) is 3.34. The Morgan fingerprint density at radius 1 is 0.730 bits per heavy atom. The maximum Gasteiger partial charge on any atom is 0.329 e. The fraction of sp³-hybridized carbons (Fsp3) is 0.436. The highest BCUT2D eigenvalue weighted by Gasteiger charge is 2.45. The zero-order chi connectivity index (χ0) is 52.9. The van der Waals surface area contributed by atoms with E-state index in [1.54, 1.807) is 73.7 Å². The average Bonchev–Trinajstić information content (AvgIpc) is 3.67. The minimum Gasteiger partial charge on any atom is -0.493 e. The first-order chi connectivity index (χ1) is 35.8. The van der Waals surface area contributed by atoms with Crippen molar-refractivity contribution in [3.05, 3.63) is 101 Å². The molecule has 74 heavy (non-hydrogen) atoms. The molecule has 7 rings (SSSR count). The minimum absolute atomic E-state index is 0.0428. The van der Waals surface area contributed by atoms with Gasteiger partial charge in [-0.15, -0.1) is 0 Å². The molecular weight excluding hydrogens is 955 g/mol. The van der Waals surface area contributed by atoms with Crippen molar-refractivity contribution in [2.75, 3.05) is 67.1 Å². The van der Waals surface area contributed by atoms with E-state index < -0.39 is 53.7 Å². The fourth-order valence-electron chi connectivity index (χ4n) is 9.61. The van der Waals surface area contributed by atoms with E-state index in [0.29, 0.717) is 109 Å². The van der Waals surface area contributed by atoms with Crippen LogP contribution in [0.4, 0.5) is 5.69 Å². The number of nitrogens with one attached hydrogen (secondary N) is 3. The molecule has 19 heteroatoms. The maximum absolute atomic E-state index is 14.5. The van der Waals surface area contributed by atoms with Crippen LogP contribution in [0.2, 0.25) is 0 Å². The Labute approximate surface area is 430 Å². The summed E-state index contributed by atoms with van der Waals surface area (Å²) >= 11 is 0. The number of piperidine rings is 2. The van der Waals surface area contributed by atoms with Gasteiger partial charge in [0.1, 0.15) is 23.9 Å². The average molecular weight is 1020 g/mol. The van der Waals surface area contributed by atoms with Gasteiger partial charge in [-0.1, -0.05) is 25.1 Å². The number of ether oxygens (including phenoxy) is 7. The topological polar surface area (TPSA) is 227 Å². The number of esters is 1. The number of aryl methyl sites for hydroxylation is 1. The number of carbonyl (C=O) groups is 7. The second kappa shape index (κ2) is 25.2. The number of benzene rings is 4. The van der Waals surface area contributed by atoms with Crippen LogP contribution in [0.15, 0.2) is 72.8 Å². The lowest BCUT2D eigenvalue weighted by Crippen LogP contribution is -2.54. The lowest BCUT2D eigenvalue weighted by Gasteiger charge is -2.37. The number of rotatable bonds is 24. The zero-order valence-corrected chi connectivity index (χ0v) is 42.7. The van der Waals surface area contributed by atoms with Gasteiger partial charge in [0.25, 0.3) is 17.7 Å². The highest BCUT2D eigenvalue weighted by Crippen LogP contribution is 2.42. The van der Waals surface area contributed by atoms with Crippen LogP contribution in [0.1, 0.15) is 114 Å². The molecule has 0 spiro atoms. The monoisotopic (exact) mass is 1020 g/mol. The molecule has 6 amide bonds. The van der Waals surface area contributed by atoms with E-state index >= 15 is 0 Å². The lowest BCUT2D eigenvalue weighted by molar-refractivity contribution is -0.162. The highest BCUT2D eigenvalue weighted by molar-refractivity contribution is 6.23. The first-order valence-corrected chi connectivity index (χ1v) is 24.9. The number of methoxy groups -OCH3 is 5.